The van der Waals surface area contributed by atoms with Crippen LogP contribution in [0.3, 0.4) is 0 Å². The van der Waals surface area contributed by atoms with Crippen LogP contribution in [0.25, 0.3) is 38.8 Å². The van der Waals surface area contributed by atoms with Crippen molar-refractivity contribution in [3.8, 4) is 28.4 Å². The normalized spacial score (nSPS) is 12.3. The van der Waals surface area contributed by atoms with Gasteiger partial charge in [-0.2, -0.15) is 0 Å². The van der Waals surface area contributed by atoms with Gasteiger partial charge in [-0.05, 0) is 30.3 Å². The molecule has 2 N–H and O–H groups in total. The van der Waals surface area contributed by atoms with Gasteiger partial charge in [-0.3, -0.25) is 14.2 Å². The molecule has 0 spiro atoms. The fraction of sp³-hybridized carbons (Fsp3) is 0.115. The molecular formula is C26H19N3O5. The molecule has 34 heavy (non-hydrogen) atoms. The number of carbonyl (C=O) groups excluding carboxylic acids is 1. The van der Waals surface area contributed by atoms with E-state index in [4.69, 9.17) is 9.47 Å². The first-order valence-electron chi connectivity index (χ1n) is 10.6. The van der Waals surface area contributed by atoms with Crippen molar-refractivity contribution < 1.29 is 19.4 Å². The fourth-order valence-electron chi connectivity index (χ4n) is 4.82. The van der Waals surface area contributed by atoms with E-state index < -0.39 is 0 Å². The summed E-state index contributed by atoms with van der Waals surface area (Å²) >= 11 is 0. The minimum atomic E-state index is -0.338. The summed E-state index contributed by atoms with van der Waals surface area (Å²) in [4.78, 5) is 35.1. The maximum absolute atomic E-state index is 14.1. The number of fused-ring (bicyclic) bond motifs is 6. The van der Waals surface area contributed by atoms with Crippen LogP contribution >= 0.6 is 0 Å². The molecule has 168 valence electrons. The summed E-state index contributed by atoms with van der Waals surface area (Å²) < 4.78 is 12.6. The number of carbonyl (C=O) groups is 1. The predicted octanol–water partition coefficient (Wildman–Crippen LogP) is 3.59. The van der Waals surface area contributed by atoms with Gasteiger partial charge in [0.1, 0.15) is 12.4 Å². The second kappa shape index (κ2) is 7.29. The van der Waals surface area contributed by atoms with Gasteiger partial charge in [0.25, 0.3) is 5.56 Å². The van der Waals surface area contributed by atoms with Gasteiger partial charge in [0.2, 0.25) is 0 Å². The van der Waals surface area contributed by atoms with E-state index in [1.165, 1.54) is 14.2 Å². The largest absolute Gasteiger partial charge is 0.493 e. The summed E-state index contributed by atoms with van der Waals surface area (Å²) in [7, 11) is 2.97. The molecule has 1 aliphatic carbocycles. The van der Waals surface area contributed by atoms with Gasteiger partial charge in [-0.1, -0.05) is 24.3 Å². The van der Waals surface area contributed by atoms with Crippen LogP contribution in [0.15, 0.2) is 59.4 Å². The molecule has 2 heterocycles. The summed E-state index contributed by atoms with van der Waals surface area (Å²) in [5.74, 6) is 0.950. The first-order valence-corrected chi connectivity index (χ1v) is 10.6. The zero-order valence-electron chi connectivity index (χ0n) is 18.4. The quantitative estimate of drug-likeness (QED) is 0.423. The molecule has 0 bridgehead atoms. The third-order valence-corrected chi connectivity index (χ3v) is 6.27. The number of methoxy groups -OCH3 is 2. The second-order valence-electron chi connectivity index (χ2n) is 8.01. The van der Waals surface area contributed by atoms with Gasteiger partial charge in [0.05, 0.1) is 47.6 Å². The van der Waals surface area contributed by atoms with Crippen molar-refractivity contribution in [2.45, 2.75) is 6.61 Å². The molecular weight excluding hydrogens is 434 g/mol. The van der Waals surface area contributed by atoms with Crippen LogP contribution in [0, 0.1) is 0 Å². The van der Waals surface area contributed by atoms with Gasteiger partial charge in [0.15, 0.2) is 17.3 Å². The molecule has 0 saturated heterocycles. The third-order valence-electron chi connectivity index (χ3n) is 6.27. The topological polar surface area (TPSA) is 106 Å². The van der Waals surface area contributed by atoms with Crippen LogP contribution in [-0.4, -0.2) is 39.6 Å². The number of aliphatic hydroxyl groups excluding tert-OH is 1. The predicted molar refractivity (Wildman–Crippen MR) is 127 cm³/mol. The molecule has 0 saturated carbocycles. The monoisotopic (exact) mass is 453 g/mol. The highest BCUT2D eigenvalue weighted by Crippen LogP contribution is 2.43. The molecule has 0 aliphatic heterocycles. The van der Waals surface area contributed by atoms with Crippen LogP contribution in [-0.2, 0) is 6.61 Å². The van der Waals surface area contributed by atoms with E-state index >= 15 is 0 Å². The average molecular weight is 453 g/mol. The molecule has 0 unspecified atom stereocenters. The number of aromatic amines is 1. The number of aliphatic hydroxyl groups is 1. The highest BCUT2D eigenvalue weighted by molar-refractivity contribution is 6.27. The van der Waals surface area contributed by atoms with Crippen molar-refractivity contribution in [1.82, 2.24) is 14.5 Å². The number of pyridine rings is 1. The van der Waals surface area contributed by atoms with Crippen molar-refractivity contribution >= 4 is 27.6 Å². The van der Waals surface area contributed by atoms with Crippen LogP contribution < -0.4 is 15.0 Å². The first-order chi connectivity index (χ1) is 16.6. The third kappa shape index (κ3) is 2.60. The Kier molecular flexibility index (Phi) is 4.33. The Morgan fingerprint density at radius 1 is 1.00 bits per heavy atom. The number of aromatic nitrogens is 3. The molecule has 2 aromatic heterocycles. The molecule has 0 fully saturated rings. The van der Waals surface area contributed by atoms with Crippen LogP contribution in [0.5, 0.6) is 11.5 Å². The van der Waals surface area contributed by atoms with Gasteiger partial charge in [-0.15, -0.1) is 0 Å². The Bertz CT molecular complexity index is 1710. The number of hydrogen-bond donors (Lipinski definition) is 2. The zero-order valence-corrected chi connectivity index (χ0v) is 18.4. The number of ether oxygens (including phenoxy) is 2. The molecule has 3 aromatic carbocycles. The van der Waals surface area contributed by atoms with Crippen LogP contribution in [0.2, 0.25) is 0 Å². The number of imidazole rings is 1. The smallest absolute Gasteiger partial charge is 0.267 e. The Hall–Kier alpha value is -4.43. The lowest BCUT2D eigenvalue weighted by Crippen LogP contribution is -2.22. The van der Waals surface area contributed by atoms with Crippen molar-refractivity contribution in [1.29, 1.82) is 0 Å². The molecule has 0 atom stereocenters. The van der Waals surface area contributed by atoms with E-state index in [0.29, 0.717) is 56.1 Å². The molecule has 0 radical (unpaired) electrons. The van der Waals surface area contributed by atoms with E-state index in [2.05, 4.69) is 9.97 Å². The lowest BCUT2D eigenvalue weighted by atomic mass is 10.0. The molecule has 5 aromatic rings. The molecule has 1 aliphatic rings. The summed E-state index contributed by atoms with van der Waals surface area (Å²) in [6.45, 7) is -0.228. The maximum atomic E-state index is 14.1. The van der Waals surface area contributed by atoms with E-state index in [-0.39, 0.29) is 29.1 Å². The van der Waals surface area contributed by atoms with E-state index in [0.717, 1.165) is 0 Å². The van der Waals surface area contributed by atoms with Crippen molar-refractivity contribution in [2.75, 3.05) is 14.2 Å². The average Bonchev–Trinajstić information content (AvgIpc) is 3.42. The van der Waals surface area contributed by atoms with Crippen molar-refractivity contribution in [3.05, 3.63) is 81.9 Å². The summed E-state index contributed by atoms with van der Waals surface area (Å²) in [6.07, 6.45) is 0. The Morgan fingerprint density at radius 2 is 1.79 bits per heavy atom. The number of nitrogens with zero attached hydrogens (tertiary/aromatic N) is 2. The number of hydrogen-bond acceptors (Lipinski definition) is 6. The van der Waals surface area contributed by atoms with Crippen molar-refractivity contribution in [2.24, 2.45) is 0 Å². The number of rotatable bonds is 4. The Balaban J connectivity index is 1.80. The summed E-state index contributed by atoms with van der Waals surface area (Å²) in [6, 6.07) is 16.0. The lowest BCUT2D eigenvalue weighted by molar-refractivity contribution is 0.104. The molecule has 0 amide bonds. The van der Waals surface area contributed by atoms with Crippen LogP contribution in [0.1, 0.15) is 21.7 Å². The SMILES string of the molecule is COc1ccc2c3c(n(-c4ccc5nc(CO)[nH]c5c4)c(=O)c2c1OC)-c1ccccc1C3=O. The number of benzene rings is 3. The maximum Gasteiger partial charge on any atom is 0.267 e. The van der Waals surface area contributed by atoms with Crippen LogP contribution in [0.4, 0.5) is 0 Å². The van der Waals surface area contributed by atoms with Gasteiger partial charge in [-0.25, -0.2) is 4.98 Å². The summed E-state index contributed by atoms with van der Waals surface area (Å²) in [5, 5.41) is 10.2. The zero-order chi connectivity index (χ0) is 23.6. The van der Waals surface area contributed by atoms with Crippen molar-refractivity contribution in [3.63, 3.8) is 0 Å². The number of ketones is 1. The molecule has 8 heteroatoms. The molecule has 6 rings (SSSR count). The summed E-state index contributed by atoms with van der Waals surface area (Å²) in [5.41, 5.74) is 3.75. The standard InChI is InChI=1S/C26H19N3O5/c1-33-19-10-8-16-21-23(14-5-3-4-6-15(14)24(21)31)29(26(32)22(16)25(19)34-2)13-7-9-17-18(11-13)28-20(12-30)27-17/h3-11,30H,12H2,1-2H3,(H,27,28). The second-order valence-corrected chi connectivity index (χ2v) is 8.01. The van der Waals surface area contributed by atoms with Gasteiger partial charge < -0.3 is 19.6 Å². The number of H-pyrrole nitrogens is 1. The highest BCUT2D eigenvalue weighted by atomic mass is 16.5. The minimum absolute atomic E-state index is 0.151. The number of nitrogens with one attached hydrogen (secondary N) is 1. The van der Waals surface area contributed by atoms with E-state index in [1.807, 2.05) is 18.2 Å². The Morgan fingerprint density at radius 3 is 2.53 bits per heavy atom. The fourth-order valence-corrected chi connectivity index (χ4v) is 4.82. The highest BCUT2D eigenvalue weighted by Gasteiger charge is 2.34. The van der Waals surface area contributed by atoms with Gasteiger partial charge >= 0.3 is 0 Å². The first kappa shape index (κ1) is 20.2. The van der Waals surface area contributed by atoms with E-state index in [9.17, 15) is 14.7 Å². The van der Waals surface area contributed by atoms with Gasteiger partial charge in [0, 0.05) is 16.5 Å². The minimum Gasteiger partial charge on any atom is -0.493 e. The lowest BCUT2D eigenvalue weighted by Gasteiger charge is -2.17. The molecule has 8 nitrogen and oxygen atoms in total. The Labute approximate surface area is 193 Å². The van der Waals surface area contributed by atoms with E-state index in [1.54, 1.807) is 41.0 Å².